The molecule has 0 saturated heterocycles. The molecule has 1 aromatic heterocycles. The van der Waals surface area contributed by atoms with Gasteiger partial charge in [0.15, 0.2) is 0 Å². The Kier molecular flexibility index (Phi) is 4.99. The molecule has 108 valence electrons. The molecule has 0 aliphatic rings. The highest BCUT2D eigenvalue weighted by Crippen LogP contribution is 2.29. The Labute approximate surface area is 134 Å². The Morgan fingerprint density at radius 1 is 1.40 bits per heavy atom. The number of hydrogen-bond acceptors (Lipinski definition) is 2. The van der Waals surface area contributed by atoms with Crippen LogP contribution in [0.25, 0.3) is 0 Å². The number of nitrogens with two attached hydrogens (primary N) is 1. The topological polar surface area (TPSA) is 43.8 Å². The molecule has 0 amide bonds. The maximum Gasteiger partial charge on any atom is 0.124 e. The third-order valence-electron chi connectivity index (χ3n) is 3.28. The fourth-order valence-corrected chi connectivity index (χ4v) is 3.59. The summed E-state index contributed by atoms with van der Waals surface area (Å²) in [6, 6.07) is 4.36. The van der Waals surface area contributed by atoms with Crippen molar-refractivity contribution < 1.29 is 4.39 Å². The average Bonchev–Trinajstić information content (AvgIpc) is 2.66. The second-order valence-electron chi connectivity index (χ2n) is 4.66. The Morgan fingerprint density at radius 3 is 2.65 bits per heavy atom. The first kappa shape index (κ1) is 15.7. The van der Waals surface area contributed by atoms with Gasteiger partial charge in [0.1, 0.15) is 5.82 Å². The van der Waals surface area contributed by atoms with E-state index in [1.54, 1.807) is 6.07 Å². The highest BCUT2D eigenvalue weighted by molar-refractivity contribution is 9.10. The zero-order valence-electron chi connectivity index (χ0n) is 11.3. The van der Waals surface area contributed by atoms with Crippen LogP contribution in [0.4, 0.5) is 4.39 Å². The van der Waals surface area contributed by atoms with Crippen LogP contribution < -0.4 is 5.73 Å². The number of nitrogens with zero attached hydrogens (tertiary/aromatic N) is 2. The van der Waals surface area contributed by atoms with Crippen LogP contribution in [-0.2, 0) is 19.9 Å². The van der Waals surface area contributed by atoms with Gasteiger partial charge < -0.3 is 5.73 Å². The molecule has 0 bridgehead atoms. The van der Waals surface area contributed by atoms with Crippen molar-refractivity contribution in [1.82, 2.24) is 9.78 Å². The summed E-state index contributed by atoms with van der Waals surface area (Å²) < 4.78 is 16.7. The lowest BCUT2D eigenvalue weighted by molar-refractivity contribution is 0.616. The minimum atomic E-state index is -0.275. The molecule has 0 radical (unpaired) electrons. The molecule has 1 atom stereocenters. The monoisotopic (exact) mass is 403 g/mol. The molecular weight excluding hydrogens is 389 g/mol. The minimum Gasteiger partial charge on any atom is -0.324 e. The van der Waals surface area contributed by atoms with E-state index >= 15 is 0 Å². The van der Waals surface area contributed by atoms with Crippen molar-refractivity contribution in [2.24, 2.45) is 12.8 Å². The Bertz CT molecular complexity index is 625. The summed E-state index contributed by atoms with van der Waals surface area (Å²) in [5, 5.41) is 4.45. The van der Waals surface area contributed by atoms with Gasteiger partial charge in [-0.15, -0.1) is 0 Å². The predicted octanol–water partition coefficient (Wildman–Crippen LogP) is 3.89. The quantitative estimate of drug-likeness (QED) is 0.839. The fourth-order valence-electron chi connectivity index (χ4n) is 2.16. The molecule has 1 heterocycles. The molecule has 6 heteroatoms. The van der Waals surface area contributed by atoms with Crippen molar-refractivity contribution in [3.05, 3.63) is 49.9 Å². The molecule has 2 rings (SSSR count). The molecule has 3 nitrogen and oxygen atoms in total. The van der Waals surface area contributed by atoms with Crippen LogP contribution in [0.3, 0.4) is 0 Å². The molecule has 0 aliphatic heterocycles. The summed E-state index contributed by atoms with van der Waals surface area (Å²) in [6.07, 6.45) is 1.50. The smallest absolute Gasteiger partial charge is 0.124 e. The van der Waals surface area contributed by atoms with E-state index < -0.39 is 0 Å². The predicted molar refractivity (Wildman–Crippen MR) is 85.0 cm³/mol. The molecule has 2 N–H and O–H groups in total. The molecule has 20 heavy (non-hydrogen) atoms. The standard InChI is InChI=1S/C14H16Br2FN3/c1-3-12-14(16)13(20(2)19-12)7-11(18)9-5-4-8(17)6-10(9)15/h4-6,11H,3,7,18H2,1-2H3. The largest absolute Gasteiger partial charge is 0.324 e. The second-order valence-corrected chi connectivity index (χ2v) is 6.31. The van der Waals surface area contributed by atoms with Gasteiger partial charge in [-0.1, -0.05) is 28.9 Å². The average molecular weight is 405 g/mol. The first-order chi connectivity index (χ1) is 9.43. The normalized spacial score (nSPS) is 12.7. The first-order valence-corrected chi connectivity index (χ1v) is 7.93. The molecule has 2 aromatic rings. The van der Waals surface area contributed by atoms with Gasteiger partial charge >= 0.3 is 0 Å². The van der Waals surface area contributed by atoms with Gasteiger partial charge in [-0.2, -0.15) is 5.10 Å². The third kappa shape index (κ3) is 3.13. The summed E-state index contributed by atoms with van der Waals surface area (Å²) in [5.41, 5.74) is 9.21. The lowest BCUT2D eigenvalue weighted by Crippen LogP contribution is -2.16. The summed E-state index contributed by atoms with van der Waals surface area (Å²) in [6.45, 7) is 2.06. The van der Waals surface area contributed by atoms with E-state index in [1.165, 1.54) is 12.1 Å². The maximum atomic E-state index is 13.1. The maximum absolute atomic E-state index is 13.1. The van der Waals surface area contributed by atoms with E-state index in [9.17, 15) is 4.39 Å². The number of aryl methyl sites for hydroxylation is 2. The van der Waals surface area contributed by atoms with Crippen LogP contribution in [0.1, 0.15) is 29.9 Å². The zero-order valence-corrected chi connectivity index (χ0v) is 14.5. The van der Waals surface area contributed by atoms with E-state index in [4.69, 9.17) is 5.73 Å². The molecule has 0 aliphatic carbocycles. The van der Waals surface area contributed by atoms with Gasteiger partial charge in [0, 0.05) is 24.0 Å². The van der Waals surface area contributed by atoms with Gasteiger partial charge in [-0.25, -0.2) is 4.39 Å². The third-order valence-corrected chi connectivity index (χ3v) is 4.88. The Morgan fingerprint density at radius 2 is 2.10 bits per heavy atom. The highest BCUT2D eigenvalue weighted by atomic mass is 79.9. The van der Waals surface area contributed by atoms with E-state index in [0.717, 1.165) is 27.8 Å². The Balaban J connectivity index is 2.27. The fraction of sp³-hybridized carbons (Fsp3) is 0.357. The van der Waals surface area contributed by atoms with Crippen molar-refractivity contribution in [2.45, 2.75) is 25.8 Å². The molecule has 0 saturated carbocycles. The van der Waals surface area contributed by atoms with E-state index in [0.29, 0.717) is 10.9 Å². The van der Waals surface area contributed by atoms with Crippen molar-refractivity contribution in [3.63, 3.8) is 0 Å². The summed E-state index contributed by atoms with van der Waals surface area (Å²) in [5.74, 6) is -0.275. The van der Waals surface area contributed by atoms with Gasteiger partial charge in [-0.05, 0) is 40.0 Å². The van der Waals surface area contributed by atoms with Gasteiger partial charge in [0.25, 0.3) is 0 Å². The van der Waals surface area contributed by atoms with Crippen molar-refractivity contribution >= 4 is 31.9 Å². The molecular formula is C14H16Br2FN3. The van der Waals surface area contributed by atoms with Crippen LogP contribution >= 0.6 is 31.9 Å². The van der Waals surface area contributed by atoms with Crippen LogP contribution in [-0.4, -0.2) is 9.78 Å². The highest BCUT2D eigenvalue weighted by Gasteiger charge is 2.18. The van der Waals surface area contributed by atoms with Crippen LogP contribution in [0.5, 0.6) is 0 Å². The SMILES string of the molecule is CCc1nn(C)c(CC(N)c2ccc(F)cc2Br)c1Br. The zero-order chi connectivity index (χ0) is 14.9. The van der Waals surface area contributed by atoms with Crippen molar-refractivity contribution in [3.8, 4) is 0 Å². The van der Waals surface area contributed by atoms with E-state index in [1.807, 2.05) is 11.7 Å². The number of aromatic nitrogens is 2. The number of rotatable bonds is 4. The summed E-state index contributed by atoms with van der Waals surface area (Å²) >= 11 is 6.95. The number of benzene rings is 1. The van der Waals surface area contributed by atoms with Gasteiger partial charge in [0.05, 0.1) is 15.9 Å². The summed E-state index contributed by atoms with van der Waals surface area (Å²) in [4.78, 5) is 0. The van der Waals surface area contributed by atoms with Crippen LogP contribution in [0, 0.1) is 5.82 Å². The lowest BCUT2D eigenvalue weighted by Gasteiger charge is -2.14. The van der Waals surface area contributed by atoms with Gasteiger partial charge in [-0.3, -0.25) is 4.68 Å². The van der Waals surface area contributed by atoms with E-state index in [2.05, 4.69) is 43.9 Å². The first-order valence-electron chi connectivity index (χ1n) is 6.34. The lowest BCUT2D eigenvalue weighted by atomic mass is 10.0. The van der Waals surface area contributed by atoms with Crippen LogP contribution in [0.15, 0.2) is 27.1 Å². The van der Waals surface area contributed by atoms with E-state index in [-0.39, 0.29) is 11.9 Å². The number of hydrogen-bond donors (Lipinski definition) is 1. The second kappa shape index (κ2) is 6.37. The minimum absolute atomic E-state index is 0.221. The van der Waals surface area contributed by atoms with Gasteiger partial charge in [0.2, 0.25) is 0 Å². The number of halogens is 3. The molecule has 1 unspecified atom stereocenters. The Hall–Kier alpha value is -0.720. The van der Waals surface area contributed by atoms with Crippen LogP contribution in [0.2, 0.25) is 0 Å². The van der Waals surface area contributed by atoms with Crippen molar-refractivity contribution in [1.29, 1.82) is 0 Å². The van der Waals surface area contributed by atoms with Crippen molar-refractivity contribution in [2.75, 3.05) is 0 Å². The molecule has 0 spiro atoms. The molecule has 1 aromatic carbocycles. The molecule has 0 fully saturated rings. The summed E-state index contributed by atoms with van der Waals surface area (Å²) in [7, 11) is 1.91.